The van der Waals surface area contributed by atoms with Gasteiger partial charge >= 0.3 is 0 Å². The summed E-state index contributed by atoms with van der Waals surface area (Å²) in [5.74, 6) is 1.34. The summed E-state index contributed by atoms with van der Waals surface area (Å²) in [5, 5.41) is 7.69. The van der Waals surface area contributed by atoms with Crippen LogP contribution in [0.25, 0.3) is 0 Å². The smallest absolute Gasteiger partial charge is 0.191 e. The van der Waals surface area contributed by atoms with Gasteiger partial charge in [-0.05, 0) is 69.1 Å². The van der Waals surface area contributed by atoms with E-state index < -0.39 is 0 Å². The minimum atomic E-state index is 0. The number of hydrogen-bond donors (Lipinski definition) is 2. The molecule has 1 aliphatic rings. The highest BCUT2D eigenvalue weighted by molar-refractivity contribution is 14.0. The van der Waals surface area contributed by atoms with Crippen LogP contribution in [-0.2, 0) is 6.54 Å². The van der Waals surface area contributed by atoms with E-state index in [1.165, 1.54) is 18.4 Å². The zero-order valence-electron chi connectivity index (χ0n) is 17.1. The Hall–Kier alpha value is -1.38. The van der Waals surface area contributed by atoms with Crippen LogP contribution < -0.4 is 10.6 Å². The lowest BCUT2D eigenvalue weighted by atomic mass is 9.85. The van der Waals surface area contributed by atoms with Crippen molar-refractivity contribution in [1.82, 2.24) is 20.5 Å². The van der Waals surface area contributed by atoms with E-state index in [-0.39, 0.29) is 24.0 Å². The molecule has 3 rings (SSSR count). The van der Waals surface area contributed by atoms with E-state index in [0.29, 0.717) is 18.5 Å². The fourth-order valence-electron chi connectivity index (χ4n) is 3.91. The standard InChI is InChI=1S/C22H30ClN5.HI/c1-3-24-22(27-16-20-11-4-5-12-25-20)26-15-18-9-7-13-28(2)21(18)17-8-6-10-19(23)14-17;/h4-6,8,10-12,14,18,21H,3,7,9,13,15-16H2,1-2H3,(H2,24,26,27);1H. The molecule has 29 heavy (non-hydrogen) atoms. The maximum absolute atomic E-state index is 6.26. The average Bonchev–Trinajstić information content (AvgIpc) is 2.71. The number of likely N-dealkylation sites (tertiary alicyclic amines) is 1. The highest BCUT2D eigenvalue weighted by atomic mass is 127. The highest BCUT2D eigenvalue weighted by Gasteiger charge is 2.30. The van der Waals surface area contributed by atoms with Crippen LogP contribution in [0.3, 0.4) is 0 Å². The average molecular weight is 528 g/mol. The van der Waals surface area contributed by atoms with Gasteiger partial charge < -0.3 is 10.6 Å². The van der Waals surface area contributed by atoms with Gasteiger partial charge in [-0.15, -0.1) is 24.0 Å². The fourth-order valence-corrected chi connectivity index (χ4v) is 4.11. The van der Waals surface area contributed by atoms with Crippen molar-refractivity contribution in [3.8, 4) is 0 Å². The van der Waals surface area contributed by atoms with Crippen LogP contribution in [-0.4, -0.2) is 42.5 Å². The van der Waals surface area contributed by atoms with Crippen LogP contribution in [0, 0.1) is 5.92 Å². The number of aliphatic imine (C=N–C) groups is 1. The van der Waals surface area contributed by atoms with Gasteiger partial charge in [0.1, 0.15) is 0 Å². The molecule has 1 fully saturated rings. The van der Waals surface area contributed by atoms with Gasteiger partial charge in [0.15, 0.2) is 5.96 Å². The van der Waals surface area contributed by atoms with Gasteiger partial charge in [0.25, 0.3) is 0 Å². The second kappa shape index (κ2) is 12.3. The molecule has 0 amide bonds. The van der Waals surface area contributed by atoms with Gasteiger partial charge in [-0.3, -0.25) is 9.88 Å². The molecule has 1 aromatic carbocycles. The van der Waals surface area contributed by atoms with Crippen molar-refractivity contribution < 1.29 is 0 Å². The lowest BCUT2D eigenvalue weighted by Crippen LogP contribution is -2.45. The summed E-state index contributed by atoms with van der Waals surface area (Å²) in [5.41, 5.74) is 2.26. The predicted molar refractivity (Wildman–Crippen MR) is 132 cm³/mol. The Labute approximate surface area is 196 Å². The Morgan fingerprint density at radius 1 is 1.24 bits per heavy atom. The van der Waals surface area contributed by atoms with Gasteiger partial charge in [-0.25, -0.2) is 4.99 Å². The largest absolute Gasteiger partial charge is 0.357 e. The number of piperidine rings is 1. The van der Waals surface area contributed by atoms with E-state index in [2.05, 4.69) is 46.6 Å². The van der Waals surface area contributed by atoms with Crippen molar-refractivity contribution in [3.63, 3.8) is 0 Å². The topological polar surface area (TPSA) is 52.6 Å². The number of aromatic nitrogens is 1. The molecule has 2 heterocycles. The zero-order chi connectivity index (χ0) is 19.8. The maximum atomic E-state index is 6.26. The minimum Gasteiger partial charge on any atom is -0.357 e. The van der Waals surface area contributed by atoms with E-state index in [4.69, 9.17) is 16.6 Å². The molecular formula is C22H31ClIN5. The molecule has 2 N–H and O–H groups in total. The number of rotatable bonds is 6. The van der Waals surface area contributed by atoms with Crippen molar-refractivity contribution in [2.75, 3.05) is 26.7 Å². The monoisotopic (exact) mass is 527 g/mol. The summed E-state index contributed by atoms with van der Waals surface area (Å²) in [6, 6.07) is 14.5. The third-order valence-corrected chi connectivity index (χ3v) is 5.43. The van der Waals surface area contributed by atoms with Crippen molar-refractivity contribution in [3.05, 3.63) is 64.9 Å². The molecule has 1 aliphatic heterocycles. The first-order chi connectivity index (χ1) is 13.7. The Morgan fingerprint density at radius 3 is 2.83 bits per heavy atom. The molecule has 2 atom stereocenters. The molecular weight excluding hydrogens is 497 g/mol. The normalized spacial score (nSPS) is 20.0. The molecule has 1 saturated heterocycles. The molecule has 158 valence electrons. The van der Waals surface area contributed by atoms with Crippen molar-refractivity contribution in [2.24, 2.45) is 10.9 Å². The molecule has 0 spiro atoms. The molecule has 0 aliphatic carbocycles. The van der Waals surface area contributed by atoms with Crippen LogP contribution >= 0.6 is 35.6 Å². The van der Waals surface area contributed by atoms with E-state index in [9.17, 15) is 0 Å². The van der Waals surface area contributed by atoms with Crippen molar-refractivity contribution in [2.45, 2.75) is 32.4 Å². The lowest BCUT2D eigenvalue weighted by molar-refractivity contribution is 0.122. The van der Waals surface area contributed by atoms with Crippen LogP contribution in [0.1, 0.15) is 37.1 Å². The van der Waals surface area contributed by atoms with Crippen LogP contribution in [0.4, 0.5) is 0 Å². The minimum absolute atomic E-state index is 0. The summed E-state index contributed by atoms with van der Waals surface area (Å²) < 4.78 is 0. The number of benzene rings is 1. The summed E-state index contributed by atoms with van der Waals surface area (Å²) in [4.78, 5) is 11.5. The van der Waals surface area contributed by atoms with Crippen LogP contribution in [0.5, 0.6) is 0 Å². The quantitative estimate of drug-likeness (QED) is 0.330. The molecule has 2 unspecified atom stereocenters. The molecule has 5 nitrogen and oxygen atoms in total. The Balaban J connectivity index is 0.00000300. The molecule has 0 radical (unpaired) electrons. The molecule has 0 bridgehead atoms. The molecule has 2 aromatic rings. The van der Waals surface area contributed by atoms with Gasteiger partial charge in [-0.1, -0.05) is 29.8 Å². The number of halogens is 2. The van der Waals surface area contributed by atoms with Crippen LogP contribution in [0.15, 0.2) is 53.7 Å². The first-order valence-electron chi connectivity index (χ1n) is 10.0. The summed E-state index contributed by atoms with van der Waals surface area (Å²) in [6.07, 6.45) is 4.20. The second-order valence-electron chi connectivity index (χ2n) is 7.28. The van der Waals surface area contributed by atoms with E-state index in [1.807, 2.05) is 30.3 Å². The van der Waals surface area contributed by atoms with Crippen molar-refractivity contribution in [1.29, 1.82) is 0 Å². The predicted octanol–water partition coefficient (Wildman–Crippen LogP) is 4.49. The number of nitrogens with one attached hydrogen (secondary N) is 2. The number of pyridine rings is 1. The third-order valence-electron chi connectivity index (χ3n) is 5.20. The van der Waals surface area contributed by atoms with Gasteiger partial charge in [0.05, 0.1) is 12.2 Å². The summed E-state index contributed by atoms with van der Waals surface area (Å²) in [6.45, 7) is 5.47. The Bertz CT molecular complexity index is 771. The molecule has 1 aromatic heterocycles. The number of nitrogens with zero attached hydrogens (tertiary/aromatic N) is 3. The van der Waals surface area contributed by atoms with E-state index in [0.717, 1.165) is 36.3 Å². The van der Waals surface area contributed by atoms with E-state index in [1.54, 1.807) is 6.20 Å². The first kappa shape index (κ1) is 23.9. The second-order valence-corrected chi connectivity index (χ2v) is 7.72. The van der Waals surface area contributed by atoms with Gasteiger partial charge in [0, 0.05) is 30.4 Å². The first-order valence-corrected chi connectivity index (χ1v) is 10.4. The zero-order valence-corrected chi connectivity index (χ0v) is 20.2. The SMILES string of the molecule is CCNC(=NCc1ccccn1)NCC1CCCN(C)C1c1cccc(Cl)c1.I. The number of hydrogen-bond acceptors (Lipinski definition) is 3. The van der Waals surface area contributed by atoms with Gasteiger partial charge in [0.2, 0.25) is 0 Å². The number of guanidine groups is 1. The van der Waals surface area contributed by atoms with Gasteiger partial charge in [-0.2, -0.15) is 0 Å². The maximum Gasteiger partial charge on any atom is 0.191 e. The molecule has 0 saturated carbocycles. The summed E-state index contributed by atoms with van der Waals surface area (Å²) >= 11 is 6.26. The Morgan fingerprint density at radius 2 is 2.10 bits per heavy atom. The van der Waals surface area contributed by atoms with E-state index >= 15 is 0 Å². The molecule has 7 heteroatoms. The van der Waals surface area contributed by atoms with Crippen LogP contribution in [0.2, 0.25) is 5.02 Å². The third kappa shape index (κ3) is 7.12. The highest BCUT2D eigenvalue weighted by Crippen LogP contribution is 2.35. The van der Waals surface area contributed by atoms with Crippen molar-refractivity contribution >= 4 is 41.5 Å². The Kier molecular flexibility index (Phi) is 10.2. The lowest BCUT2D eigenvalue weighted by Gasteiger charge is -2.40. The fraction of sp³-hybridized carbons (Fsp3) is 0.455. The summed E-state index contributed by atoms with van der Waals surface area (Å²) in [7, 11) is 2.21.